The molecule has 0 fully saturated rings. The van der Waals surface area contributed by atoms with Crippen molar-refractivity contribution in [2.24, 2.45) is 0 Å². The summed E-state index contributed by atoms with van der Waals surface area (Å²) in [6, 6.07) is 14.6. The number of aromatic nitrogens is 3. The number of hydrogen-bond acceptors (Lipinski definition) is 3. The predicted molar refractivity (Wildman–Crippen MR) is 84.6 cm³/mol. The molecule has 0 bridgehead atoms. The van der Waals surface area contributed by atoms with Crippen LogP contribution in [0, 0.1) is 13.8 Å². The molecule has 4 nitrogen and oxygen atoms in total. The maximum absolute atomic E-state index is 3.84. The highest BCUT2D eigenvalue weighted by atomic mass is 15.2. The standard InChI is InChI=1S/C17H18N4/c1-13-5-3-6-15(14(13)2)10-18-16-7-4-8-17(9-16)21-11-19-20-12-21/h3-9,11-12,18H,10H2,1-2H3. The Balaban J connectivity index is 1.77. The highest BCUT2D eigenvalue weighted by Gasteiger charge is 2.02. The average Bonchev–Trinajstić information content (AvgIpc) is 3.03. The summed E-state index contributed by atoms with van der Waals surface area (Å²) in [6.07, 6.45) is 3.40. The second-order valence-electron chi connectivity index (χ2n) is 5.13. The van der Waals surface area contributed by atoms with Crippen LogP contribution in [0.4, 0.5) is 5.69 Å². The molecule has 106 valence electrons. The first kappa shape index (κ1) is 13.4. The molecule has 2 aromatic carbocycles. The molecule has 0 atom stereocenters. The van der Waals surface area contributed by atoms with E-state index in [-0.39, 0.29) is 0 Å². The lowest BCUT2D eigenvalue weighted by Gasteiger charge is -2.12. The minimum Gasteiger partial charge on any atom is -0.381 e. The molecule has 0 spiro atoms. The van der Waals surface area contributed by atoms with Crippen molar-refractivity contribution >= 4 is 5.69 Å². The van der Waals surface area contributed by atoms with Gasteiger partial charge in [0.15, 0.2) is 0 Å². The molecular weight excluding hydrogens is 260 g/mol. The molecule has 0 aliphatic heterocycles. The Labute approximate surface area is 124 Å². The van der Waals surface area contributed by atoms with Crippen LogP contribution in [-0.4, -0.2) is 14.8 Å². The zero-order valence-corrected chi connectivity index (χ0v) is 12.2. The smallest absolute Gasteiger partial charge is 0.123 e. The van der Waals surface area contributed by atoms with Crippen molar-refractivity contribution in [1.29, 1.82) is 0 Å². The van der Waals surface area contributed by atoms with Gasteiger partial charge in [0.25, 0.3) is 0 Å². The van der Waals surface area contributed by atoms with Crippen molar-refractivity contribution in [1.82, 2.24) is 14.8 Å². The van der Waals surface area contributed by atoms with Gasteiger partial charge in [-0.2, -0.15) is 0 Å². The molecule has 3 aromatic rings. The van der Waals surface area contributed by atoms with E-state index >= 15 is 0 Å². The predicted octanol–water partition coefficient (Wildman–Crippen LogP) is 3.50. The van der Waals surface area contributed by atoms with Crippen LogP contribution in [0.15, 0.2) is 55.1 Å². The Morgan fingerprint density at radius 3 is 2.57 bits per heavy atom. The number of rotatable bonds is 4. The third-order valence-corrected chi connectivity index (χ3v) is 3.76. The van der Waals surface area contributed by atoms with Gasteiger partial charge in [-0.15, -0.1) is 10.2 Å². The number of aryl methyl sites for hydroxylation is 1. The lowest BCUT2D eigenvalue weighted by Crippen LogP contribution is -2.03. The van der Waals surface area contributed by atoms with Crippen LogP contribution >= 0.6 is 0 Å². The summed E-state index contributed by atoms with van der Waals surface area (Å²) in [4.78, 5) is 0. The van der Waals surface area contributed by atoms with Crippen molar-refractivity contribution in [3.05, 3.63) is 71.8 Å². The Kier molecular flexibility index (Phi) is 3.69. The topological polar surface area (TPSA) is 42.7 Å². The molecule has 1 heterocycles. The molecule has 0 aliphatic carbocycles. The molecular formula is C17H18N4. The normalized spacial score (nSPS) is 10.6. The fourth-order valence-electron chi connectivity index (χ4n) is 2.31. The molecule has 3 rings (SSSR count). The van der Waals surface area contributed by atoms with Crippen LogP contribution < -0.4 is 5.32 Å². The van der Waals surface area contributed by atoms with Gasteiger partial charge in [0.1, 0.15) is 12.7 Å². The summed E-state index contributed by atoms with van der Waals surface area (Å²) >= 11 is 0. The third-order valence-electron chi connectivity index (χ3n) is 3.76. The Morgan fingerprint density at radius 2 is 1.76 bits per heavy atom. The summed E-state index contributed by atoms with van der Waals surface area (Å²) in [5.74, 6) is 0. The largest absolute Gasteiger partial charge is 0.381 e. The number of benzene rings is 2. The lowest BCUT2D eigenvalue weighted by atomic mass is 10.0. The van der Waals surface area contributed by atoms with Crippen molar-refractivity contribution in [2.45, 2.75) is 20.4 Å². The summed E-state index contributed by atoms with van der Waals surface area (Å²) in [6.45, 7) is 5.13. The molecule has 0 amide bonds. The molecule has 1 N–H and O–H groups in total. The first-order valence-electron chi connectivity index (χ1n) is 6.98. The van der Waals surface area contributed by atoms with E-state index in [4.69, 9.17) is 0 Å². The van der Waals surface area contributed by atoms with Gasteiger partial charge in [-0.05, 0) is 48.7 Å². The first-order chi connectivity index (χ1) is 10.2. The average molecular weight is 278 g/mol. The number of hydrogen-bond donors (Lipinski definition) is 1. The molecule has 0 radical (unpaired) electrons. The first-order valence-corrected chi connectivity index (χ1v) is 6.98. The van der Waals surface area contributed by atoms with E-state index in [1.165, 1.54) is 16.7 Å². The van der Waals surface area contributed by atoms with Gasteiger partial charge < -0.3 is 5.32 Å². The molecule has 4 heteroatoms. The maximum Gasteiger partial charge on any atom is 0.123 e. The summed E-state index contributed by atoms with van der Waals surface area (Å²) < 4.78 is 1.89. The number of anilines is 1. The van der Waals surface area contributed by atoms with Crippen LogP contribution in [0.5, 0.6) is 0 Å². The van der Waals surface area contributed by atoms with E-state index in [0.717, 1.165) is 17.9 Å². The van der Waals surface area contributed by atoms with Crippen molar-refractivity contribution < 1.29 is 0 Å². The van der Waals surface area contributed by atoms with Crippen LogP contribution in [0.3, 0.4) is 0 Å². The van der Waals surface area contributed by atoms with Gasteiger partial charge in [-0.1, -0.05) is 24.3 Å². The van der Waals surface area contributed by atoms with E-state index in [9.17, 15) is 0 Å². The minimum atomic E-state index is 0.819. The van der Waals surface area contributed by atoms with Gasteiger partial charge in [0.05, 0.1) is 5.69 Å². The van der Waals surface area contributed by atoms with E-state index < -0.39 is 0 Å². The maximum atomic E-state index is 3.84. The SMILES string of the molecule is Cc1cccc(CNc2cccc(-n3cnnc3)c2)c1C. The van der Waals surface area contributed by atoms with Gasteiger partial charge in [0, 0.05) is 12.2 Å². The quantitative estimate of drug-likeness (QED) is 0.794. The molecule has 21 heavy (non-hydrogen) atoms. The van der Waals surface area contributed by atoms with E-state index in [0.29, 0.717) is 0 Å². The number of nitrogens with one attached hydrogen (secondary N) is 1. The monoisotopic (exact) mass is 278 g/mol. The second-order valence-corrected chi connectivity index (χ2v) is 5.13. The van der Waals surface area contributed by atoms with Crippen LogP contribution in [0.2, 0.25) is 0 Å². The fraction of sp³-hybridized carbons (Fsp3) is 0.176. The highest BCUT2D eigenvalue weighted by molar-refractivity contribution is 5.51. The summed E-state index contributed by atoms with van der Waals surface area (Å²) in [7, 11) is 0. The minimum absolute atomic E-state index is 0.819. The van der Waals surface area contributed by atoms with Gasteiger partial charge >= 0.3 is 0 Å². The summed E-state index contributed by atoms with van der Waals surface area (Å²) in [5, 5.41) is 11.1. The highest BCUT2D eigenvalue weighted by Crippen LogP contribution is 2.17. The van der Waals surface area contributed by atoms with Crippen LogP contribution in [0.1, 0.15) is 16.7 Å². The Morgan fingerprint density at radius 1 is 1.00 bits per heavy atom. The van der Waals surface area contributed by atoms with Crippen LogP contribution in [-0.2, 0) is 6.54 Å². The second kappa shape index (κ2) is 5.79. The van der Waals surface area contributed by atoms with Gasteiger partial charge in [-0.3, -0.25) is 4.57 Å². The molecule has 0 saturated heterocycles. The van der Waals surface area contributed by atoms with E-state index in [1.54, 1.807) is 12.7 Å². The zero-order chi connectivity index (χ0) is 14.7. The molecule has 1 aromatic heterocycles. The Bertz CT molecular complexity index is 732. The summed E-state index contributed by atoms with van der Waals surface area (Å²) in [5.41, 5.74) is 6.13. The van der Waals surface area contributed by atoms with Crippen molar-refractivity contribution in [3.63, 3.8) is 0 Å². The van der Waals surface area contributed by atoms with E-state index in [1.807, 2.05) is 16.7 Å². The number of nitrogens with zero attached hydrogens (tertiary/aromatic N) is 3. The van der Waals surface area contributed by atoms with Gasteiger partial charge in [0.2, 0.25) is 0 Å². The zero-order valence-electron chi connectivity index (χ0n) is 12.2. The molecule has 0 saturated carbocycles. The molecule has 0 aliphatic rings. The lowest BCUT2D eigenvalue weighted by molar-refractivity contribution is 1.05. The third kappa shape index (κ3) is 2.94. The van der Waals surface area contributed by atoms with Gasteiger partial charge in [-0.25, -0.2) is 0 Å². The molecule has 0 unspecified atom stereocenters. The van der Waals surface area contributed by atoms with E-state index in [2.05, 4.69) is 59.7 Å². The van der Waals surface area contributed by atoms with Crippen molar-refractivity contribution in [3.8, 4) is 5.69 Å². The van der Waals surface area contributed by atoms with Crippen LogP contribution in [0.25, 0.3) is 5.69 Å². The fourth-order valence-corrected chi connectivity index (χ4v) is 2.31. The Hall–Kier alpha value is -2.62. The van der Waals surface area contributed by atoms with Crippen molar-refractivity contribution in [2.75, 3.05) is 5.32 Å².